The van der Waals surface area contributed by atoms with Crippen LogP contribution in [0.1, 0.15) is 246 Å². The van der Waals surface area contributed by atoms with E-state index in [4.69, 9.17) is 9.47 Å². The summed E-state index contributed by atoms with van der Waals surface area (Å²) in [4.78, 5) is 41.0. The van der Waals surface area contributed by atoms with E-state index in [2.05, 4.69) is 43.0 Å². The van der Waals surface area contributed by atoms with Crippen LogP contribution in [0.25, 0.3) is 0 Å². The lowest BCUT2D eigenvalue weighted by Crippen LogP contribution is -2.43. The van der Waals surface area contributed by atoms with Gasteiger partial charge < -0.3 is 14.4 Å². The molecule has 0 saturated heterocycles. The second-order valence-corrected chi connectivity index (χ2v) is 17.8. The van der Waals surface area contributed by atoms with Gasteiger partial charge >= 0.3 is 11.9 Å². The van der Waals surface area contributed by atoms with Crippen molar-refractivity contribution in [3.63, 3.8) is 0 Å². The van der Waals surface area contributed by atoms with Gasteiger partial charge in [-0.25, -0.2) is 5.01 Å². The number of esters is 2. The maximum atomic E-state index is 13.0. The zero-order valence-corrected chi connectivity index (χ0v) is 39.7. The van der Waals surface area contributed by atoms with E-state index in [9.17, 15) is 14.4 Å². The molecule has 58 heavy (non-hydrogen) atoms. The summed E-state index contributed by atoms with van der Waals surface area (Å²) in [6.07, 6.45) is 37.8. The minimum absolute atomic E-state index is 0.0249. The Labute approximate surface area is 360 Å². The highest BCUT2D eigenvalue weighted by molar-refractivity contribution is 5.75. The van der Waals surface area contributed by atoms with Crippen LogP contribution in [0.5, 0.6) is 0 Å². The molecular formula is C50H99N3O5. The van der Waals surface area contributed by atoms with Crippen molar-refractivity contribution in [1.82, 2.24) is 15.3 Å². The molecule has 1 N–H and O–H groups in total. The number of rotatable bonds is 45. The third-order valence-corrected chi connectivity index (χ3v) is 11.7. The van der Waals surface area contributed by atoms with Crippen molar-refractivity contribution in [1.29, 1.82) is 0 Å². The predicted molar refractivity (Wildman–Crippen MR) is 247 cm³/mol. The SMILES string of the molecule is CCCCCCCCC(CCCCCC)C(=O)OCCCCCCN(CCCCCCOC(=O)C(CCCCCC)CCCCCCCC)NC(=O)CCCN(C)C. The van der Waals surface area contributed by atoms with Crippen molar-refractivity contribution >= 4 is 17.8 Å². The number of hydrogen-bond acceptors (Lipinski definition) is 7. The standard InChI is InChI=1S/C50H99N3O5/c1-7-11-15-19-21-29-38-46(36-27-17-13-9-3)49(55)57-44-33-25-23-31-42-53(51-48(54)40-35-41-52(5)6)43-32-24-26-34-45-58-50(56)47(37-28-18-14-10-4)39-30-22-20-16-12-8-2/h46-47H,7-45H2,1-6H3,(H,51,54). The molecule has 0 fully saturated rings. The maximum Gasteiger partial charge on any atom is 0.308 e. The van der Waals surface area contributed by atoms with Gasteiger partial charge in [-0.2, -0.15) is 0 Å². The quantitative estimate of drug-likeness (QED) is 0.0372. The number of nitrogens with zero attached hydrogens (tertiary/aromatic N) is 2. The average Bonchev–Trinajstić information content (AvgIpc) is 3.20. The molecule has 344 valence electrons. The topological polar surface area (TPSA) is 88.2 Å². The summed E-state index contributed by atoms with van der Waals surface area (Å²) < 4.78 is 11.7. The number of carbonyl (C=O) groups is 3. The first-order valence-electron chi connectivity index (χ1n) is 25.3. The van der Waals surface area contributed by atoms with Crippen LogP contribution in [0.2, 0.25) is 0 Å². The molecule has 0 radical (unpaired) electrons. The summed E-state index contributed by atoms with van der Waals surface area (Å²) in [6.45, 7) is 12.6. The van der Waals surface area contributed by atoms with Gasteiger partial charge in [-0.1, -0.05) is 182 Å². The molecule has 2 unspecified atom stereocenters. The Morgan fingerprint density at radius 2 is 0.741 bits per heavy atom. The van der Waals surface area contributed by atoms with Crippen LogP contribution in [0.4, 0.5) is 0 Å². The number of hydrogen-bond donors (Lipinski definition) is 1. The van der Waals surface area contributed by atoms with E-state index in [0.717, 1.165) is 129 Å². The number of carbonyl (C=O) groups excluding carboxylic acids is 3. The van der Waals surface area contributed by atoms with Crippen molar-refractivity contribution in [2.75, 3.05) is 46.9 Å². The first kappa shape index (κ1) is 56.3. The predicted octanol–water partition coefficient (Wildman–Crippen LogP) is 13.5. The minimum atomic E-state index is 0.0249. The highest BCUT2D eigenvalue weighted by atomic mass is 16.5. The van der Waals surface area contributed by atoms with Crippen LogP contribution in [-0.4, -0.2) is 74.7 Å². The minimum Gasteiger partial charge on any atom is -0.465 e. The lowest BCUT2D eigenvalue weighted by Gasteiger charge is -2.23. The molecule has 2 atom stereocenters. The number of ether oxygens (including phenoxy) is 2. The van der Waals surface area contributed by atoms with E-state index >= 15 is 0 Å². The number of hydrazine groups is 1. The molecule has 0 aromatic heterocycles. The van der Waals surface area contributed by atoms with Crippen molar-refractivity contribution in [3.8, 4) is 0 Å². The molecule has 0 saturated carbocycles. The molecule has 0 bridgehead atoms. The summed E-state index contributed by atoms with van der Waals surface area (Å²) >= 11 is 0. The van der Waals surface area contributed by atoms with Crippen molar-refractivity contribution in [3.05, 3.63) is 0 Å². The smallest absolute Gasteiger partial charge is 0.308 e. The first-order valence-corrected chi connectivity index (χ1v) is 25.3. The van der Waals surface area contributed by atoms with Gasteiger partial charge in [0.05, 0.1) is 25.0 Å². The molecule has 0 aromatic rings. The molecule has 0 aliphatic carbocycles. The van der Waals surface area contributed by atoms with E-state index < -0.39 is 0 Å². The van der Waals surface area contributed by atoms with Crippen molar-refractivity contribution in [2.24, 2.45) is 11.8 Å². The van der Waals surface area contributed by atoms with Gasteiger partial charge in [0.15, 0.2) is 0 Å². The highest BCUT2D eigenvalue weighted by Gasteiger charge is 2.20. The van der Waals surface area contributed by atoms with E-state index in [-0.39, 0.29) is 29.7 Å². The van der Waals surface area contributed by atoms with Crippen molar-refractivity contribution in [2.45, 2.75) is 246 Å². The second kappa shape index (κ2) is 43.4. The Kier molecular flexibility index (Phi) is 42.2. The van der Waals surface area contributed by atoms with Gasteiger partial charge in [-0.15, -0.1) is 0 Å². The number of amides is 1. The highest BCUT2D eigenvalue weighted by Crippen LogP contribution is 2.22. The molecule has 0 aromatic carbocycles. The molecule has 8 heteroatoms. The fourth-order valence-electron chi connectivity index (χ4n) is 7.85. The summed E-state index contributed by atoms with van der Waals surface area (Å²) in [5.74, 6) is 0.264. The lowest BCUT2D eigenvalue weighted by atomic mass is 9.94. The molecule has 0 spiro atoms. The number of unbranched alkanes of at least 4 members (excludes halogenated alkanes) is 22. The monoisotopic (exact) mass is 822 g/mol. The summed E-state index contributed by atoms with van der Waals surface area (Å²) in [5, 5.41) is 2.12. The molecular weight excluding hydrogens is 723 g/mol. The molecule has 0 heterocycles. The van der Waals surface area contributed by atoms with Gasteiger partial charge in [0.25, 0.3) is 0 Å². The van der Waals surface area contributed by atoms with Gasteiger partial charge in [0.1, 0.15) is 0 Å². The largest absolute Gasteiger partial charge is 0.465 e. The summed E-state index contributed by atoms with van der Waals surface area (Å²) in [6, 6.07) is 0. The zero-order chi connectivity index (χ0) is 42.7. The van der Waals surface area contributed by atoms with Gasteiger partial charge in [0.2, 0.25) is 5.91 Å². The van der Waals surface area contributed by atoms with Crippen molar-refractivity contribution < 1.29 is 23.9 Å². The zero-order valence-electron chi connectivity index (χ0n) is 39.7. The molecule has 0 aliphatic heterocycles. The van der Waals surface area contributed by atoms with Crippen LogP contribution in [0.15, 0.2) is 0 Å². The van der Waals surface area contributed by atoms with Crippen LogP contribution in [0, 0.1) is 11.8 Å². The average molecular weight is 822 g/mol. The Balaban J connectivity index is 4.66. The van der Waals surface area contributed by atoms with Crippen LogP contribution in [0.3, 0.4) is 0 Å². The van der Waals surface area contributed by atoms with Crippen LogP contribution in [-0.2, 0) is 23.9 Å². The maximum absolute atomic E-state index is 13.0. The van der Waals surface area contributed by atoms with E-state index in [1.165, 1.54) is 103 Å². The van der Waals surface area contributed by atoms with E-state index in [1.54, 1.807) is 0 Å². The van der Waals surface area contributed by atoms with Gasteiger partial charge in [-0.3, -0.25) is 19.8 Å². The Hall–Kier alpha value is -1.67. The summed E-state index contributed by atoms with van der Waals surface area (Å²) in [5.41, 5.74) is 3.20. The third-order valence-electron chi connectivity index (χ3n) is 11.7. The van der Waals surface area contributed by atoms with E-state index in [0.29, 0.717) is 19.6 Å². The number of nitrogens with one attached hydrogen (secondary N) is 1. The second-order valence-electron chi connectivity index (χ2n) is 17.8. The van der Waals surface area contributed by atoms with Crippen LogP contribution >= 0.6 is 0 Å². The molecule has 0 rings (SSSR count). The molecule has 1 amide bonds. The summed E-state index contributed by atoms with van der Waals surface area (Å²) in [7, 11) is 4.08. The lowest BCUT2D eigenvalue weighted by molar-refractivity contribution is -0.150. The molecule has 8 nitrogen and oxygen atoms in total. The Morgan fingerprint density at radius 3 is 1.12 bits per heavy atom. The van der Waals surface area contributed by atoms with Gasteiger partial charge in [-0.05, 0) is 78.4 Å². The Morgan fingerprint density at radius 1 is 0.414 bits per heavy atom. The normalized spacial score (nSPS) is 12.6. The Bertz CT molecular complexity index is 858. The van der Waals surface area contributed by atoms with E-state index in [1.807, 2.05) is 14.1 Å². The molecule has 0 aliphatic rings. The van der Waals surface area contributed by atoms with Gasteiger partial charge in [0, 0.05) is 19.5 Å². The third kappa shape index (κ3) is 37.3. The first-order chi connectivity index (χ1) is 28.3. The van der Waals surface area contributed by atoms with Crippen LogP contribution < -0.4 is 5.43 Å². The fourth-order valence-corrected chi connectivity index (χ4v) is 7.85. The fraction of sp³-hybridized carbons (Fsp3) is 0.940.